The molecule has 0 spiro atoms. The van der Waals surface area contributed by atoms with Crippen LogP contribution in [0.5, 0.6) is 0 Å². The first-order chi connectivity index (χ1) is 6.67. The summed E-state index contributed by atoms with van der Waals surface area (Å²) in [6.45, 7) is 4.21. The first kappa shape index (κ1) is 11.1. The van der Waals surface area contributed by atoms with Gasteiger partial charge in [0, 0.05) is 10.5 Å². The summed E-state index contributed by atoms with van der Waals surface area (Å²) in [6.07, 6.45) is 1.04. The van der Waals surface area contributed by atoms with Crippen LogP contribution in [0.15, 0.2) is 22.7 Å². The van der Waals surface area contributed by atoms with Crippen LogP contribution in [-0.4, -0.2) is 6.04 Å². The van der Waals surface area contributed by atoms with Crippen molar-refractivity contribution >= 4 is 21.6 Å². The Morgan fingerprint density at radius 2 is 2.29 bits per heavy atom. The zero-order valence-electron chi connectivity index (χ0n) is 8.34. The van der Waals surface area contributed by atoms with Crippen LogP contribution in [0, 0.1) is 11.3 Å². The molecule has 1 aromatic carbocycles. The molecule has 1 N–H and O–H groups in total. The molecule has 0 aliphatic carbocycles. The van der Waals surface area contributed by atoms with Crippen LogP contribution in [0.2, 0.25) is 0 Å². The van der Waals surface area contributed by atoms with Crippen molar-refractivity contribution in [2.75, 3.05) is 5.32 Å². The molecule has 2 nitrogen and oxygen atoms in total. The highest BCUT2D eigenvalue weighted by Crippen LogP contribution is 2.21. The van der Waals surface area contributed by atoms with Gasteiger partial charge in [-0.3, -0.25) is 0 Å². The summed E-state index contributed by atoms with van der Waals surface area (Å²) in [5, 5.41) is 12.2. The van der Waals surface area contributed by atoms with E-state index in [1.807, 2.05) is 18.2 Å². The largest absolute Gasteiger partial charge is 0.382 e. The van der Waals surface area contributed by atoms with E-state index in [-0.39, 0.29) is 0 Å². The average Bonchev–Trinajstić information content (AvgIpc) is 2.20. The van der Waals surface area contributed by atoms with E-state index >= 15 is 0 Å². The van der Waals surface area contributed by atoms with Gasteiger partial charge < -0.3 is 5.32 Å². The van der Waals surface area contributed by atoms with Crippen molar-refractivity contribution in [3.63, 3.8) is 0 Å². The van der Waals surface area contributed by atoms with Crippen molar-refractivity contribution in [2.24, 2.45) is 0 Å². The number of nitrogens with zero attached hydrogens (tertiary/aromatic N) is 1. The van der Waals surface area contributed by atoms with E-state index in [0.717, 1.165) is 16.6 Å². The molecule has 3 heteroatoms. The summed E-state index contributed by atoms with van der Waals surface area (Å²) < 4.78 is 0.934. The molecule has 14 heavy (non-hydrogen) atoms. The molecule has 0 saturated carbocycles. The van der Waals surface area contributed by atoms with Crippen LogP contribution >= 0.6 is 15.9 Å². The zero-order chi connectivity index (χ0) is 10.6. The summed E-state index contributed by atoms with van der Waals surface area (Å²) in [7, 11) is 0. The second kappa shape index (κ2) is 5.02. The van der Waals surface area contributed by atoms with Gasteiger partial charge in [0.1, 0.15) is 6.07 Å². The summed E-state index contributed by atoms with van der Waals surface area (Å²) in [5.74, 6) is 0. The fraction of sp³-hybridized carbons (Fsp3) is 0.364. The summed E-state index contributed by atoms with van der Waals surface area (Å²) in [6, 6.07) is 8.25. The van der Waals surface area contributed by atoms with E-state index in [1.54, 1.807) is 0 Å². The average molecular weight is 253 g/mol. The minimum atomic E-state index is 0.392. The molecule has 0 radical (unpaired) electrons. The van der Waals surface area contributed by atoms with Gasteiger partial charge in [-0.15, -0.1) is 0 Å². The van der Waals surface area contributed by atoms with Gasteiger partial charge in [0.2, 0.25) is 0 Å². The molecule has 0 amide bonds. The van der Waals surface area contributed by atoms with E-state index in [1.165, 1.54) is 0 Å². The maximum absolute atomic E-state index is 8.92. The van der Waals surface area contributed by atoms with Crippen LogP contribution in [0.25, 0.3) is 0 Å². The topological polar surface area (TPSA) is 35.8 Å². The molecule has 0 saturated heterocycles. The van der Waals surface area contributed by atoms with E-state index in [0.29, 0.717) is 11.6 Å². The predicted octanol–water partition coefficient (Wildman–Crippen LogP) is 3.53. The van der Waals surface area contributed by atoms with E-state index in [9.17, 15) is 0 Å². The number of benzene rings is 1. The first-order valence-corrected chi connectivity index (χ1v) is 5.43. The second-order valence-corrected chi connectivity index (χ2v) is 4.17. The van der Waals surface area contributed by atoms with E-state index in [2.05, 4.69) is 41.2 Å². The van der Waals surface area contributed by atoms with Gasteiger partial charge in [-0.25, -0.2) is 0 Å². The van der Waals surface area contributed by atoms with Gasteiger partial charge in [0.25, 0.3) is 0 Å². The van der Waals surface area contributed by atoms with Crippen LogP contribution in [0.4, 0.5) is 5.69 Å². The van der Waals surface area contributed by atoms with Crippen molar-refractivity contribution < 1.29 is 0 Å². The maximum atomic E-state index is 8.92. The quantitative estimate of drug-likeness (QED) is 0.894. The molecule has 1 unspecified atom stereocenters. The third-order valence-electron chi connectivity index (χ3n) is 2.12. The fourth-order valence-corrected chi connectivity index (χ4v) is 1.46. The fourth-order valence-electron chi connectivity index (χ4n) is 1.10. The minimum absolute atomic E-state index is 0.392. The minimum Gasteiger partial charge on any atom is -0.382 e. The lowest BCUT2D eigenvalue weighted by Crippen LogP contribution is -2.14. The summed E-state index contributed by atoms with van der Waals surface area (Å²) >= 11 is 3.34. The standard InChI is InChI=1S/C11H13BrN2/c1-3-8(2)14-11-5-4-10(12)6-9(11)7-13/h4-6,8,14H,3H2,1-2H3. The normalized spacial score (nSPS) is 11.9. The van der Waals surface area contributed by atoms with Gasteiger partial charge in [-0.05, 0) is 31.5 Å². The van der Waals surface area contributed by atoms with Gasteiger partial charge in [0.15, 0.2) is 0 Å². The number of nitrogens with one attached hydrogen (secondary N) is 1. The second-order valence-electron chi connectivity index (χ2n) is 3.26. The third kappa shape index (κ3) is 2.74. The first-order valence-electron chi connectivity index (χ1n) is 4.63. The zero-order valence-corrected chi connectivity index (χ0v) is 9.93. The number of rotatable bonds is 3. The van der Waals surface area contributed by atoms with Crippen molar-refractivity contribution in [1.29, 1.82) is 5.26 Å². The number of anilines is 1. The molecule has 0 bridgehead atoms. The number of hydrogen-bond donors (Lipinski definition) is 1. The van der Waals surface area contributed by atoms with Crippen molar-refractivity contribution in [2.45, 2.75) is 26.3 Å². The lowest BCUT2D eigenvalue weighted by atomic mass is 10.1. The van der Waals surface area contributed by atoms with Crippen molar-refractivity contribution in [1.82, 2.24) is 0 Å². The monoisotopic (exact) mass is 252 g/mol. The molecule has 1 aromatic rings. The van der Waals surface area contributed by atoms with Crippen LogP contribution in [0.1, 0.15) is 25.8 Å². The summed E-state index contributed by atoms with van der Waals surface area (Å²) in [4.78, 5) is 0. The van der Waals surface area contributed by atoms with Gasteiger partial charge in [-0.1, -0.05) is 22.9 Å². The highest BCUT2D eigenvalue weighted by Gasteiger charge is 2.04. The SMILES string of the molecule is CCC(C)Nc1ccc(Br)cc1C#N. The molecule has 0 aromatic heterocycles. The molecule has 0 fully saturated rings. The molecular weight excluding hydrogens is 240 g/mol. The van der Waals surface area contributed by atoms with Gasteiger partial charge in [-0.2, -0.15) is 5.26 Å². The molecular formula is C11H13BrN2. The van der Waals surface area contributed by atoms with Crippen LogP contribution in [0.3, 0.4) is 0 Å². The van der Waals surface area contributed by atoms with Gasteiger partial charge in [0.05, 0.1) is 11.3 Å². The van der Waals surface area contributed by atoms with Crippen LogP contribution < -0.4 is 5.32 Å². The third-order valence-corrected chi connectivity index (χ3v) is 2.61. The Morgan fingerprint density at radius 1 is 1.57 bits per heavy atom. The smallest absolute Gasteiger partial charge is 0.101 e. The Kier molecular flexibility index (Phi) is 3.97. The number of halogens is 1. The van der Waals surface area contributed by atoms with E-state index < -0.39 is 0 Å². The molecule has 0 heterocycles. The Labute approximate surface area is 93.1 Å². The summed E-state index contributed by atoms with van der Waals surface area (Å²) in [5.41, 5.74) is 1.59. The highest BCUT2D eigenvalue weighted by molar-refractivity contribution is 9.10. The molecule has 1 atom stereocenters. The Morgan fingerprint density at radius 3 is 2.86 bits per heavy atom. The predicted molar refractivity (Wildman–Crippen MR) is 62.2 cm³/mol. The van der Waals surface area contributed by atoms with Crippen molar-refractivity contribution in [3.8, 4) is 6.07 Å². The highest BCUT2D eigenvalue weighted by atomic mass is 79.9. The molecule has 0 aliphatic heterocycles. The lowest BCUT2D eigenvalue weighted by Gasteiger charge is -2.14. The Bertz CT molecular complexity index is 355. The van der Waals surface area contributed by atoms with Crippen molar-refractivity contribution in [3.05, 3.63) is 28.2 Å². The van der Waals surface area contributed by atoms with Gasteiger partial charge >= 0.3 is 0 Å². The maximum Gasteiger partial charge on any atom is 0.101 e. The Hall–Kier alpha value is -1.01. The molecule has 0 aliphatic rings. The molecule has 74 valence electrons. The van der Waals surface area contributed by atoms with Crippen LogP contribution in [-0.2, 0) is 0 Å². The number of hydrogen-bond acceptors (Lipinski definition) is 2. The molecule has 1 rings (SSSR count). The Balaban J connectivity index is 2.92. The number of nitriles is 1. The lowest BCUT2D eigenvalue weighted by molar-refractivity contribution is 0.763. The van der Waals surface area contributed by atoms with E-state index in [4.69, 9.17) is 5.26 Å².